The van der Waals surface area contributed by atoms with E-state index in [2.05, 4.69) is 10.0 Å². The van der Waals surface area contributed by atoms with Crippen LogP contribution in [0.25, 0.3) is 0 Å². The average Bonchev–Trinajstić information content (AvgIpc) is 2.43. The number of sulfonamides is 1. The molecule has 0 amide bonds. The Morgan fingerprint density at radius 1 is 1.36 bits per heavy atom. The molecule has 0 spiro atoms. The number of nitro benzene ring substituents is 1. The predicted molar refractivity (Wildman–Crippen MR) is 83.4 cm³/mol. The molecular weight excluding hydrogens is 306 g/mol. The lowest BCUT2D eigenvalue weighted by Crippen LogP contribution is -2.51. The number of nitro groups is 1. The molecule has 2 atom stereocenters. The monoisotopic (exact) mass is 327 g/mol. The fourth-order valence-corrected chi connectivity index (χ4v) is 4.54. The number of piperidine rings is 1. The van der Waals surface area contributed by atoms with Gasteiger partial charge in [-0.05, 0) is 51.3 Å². The fourth-order valence-electron chi connectivity index (χ4n) is 2.72. The highest BCUT2D eigenvalue weighted by molar-refractivity contribution is 7.89. The zero-order valence-electron chi connectivity index (χ0n) is 12.9. The number of nitrogens with zero attached hydrogens (tertiary/aromatic N) is 1. The summed E-state index contributed by atoms with van der Waals surface area (Å²) in [5.41, 5.74) is 0.742. The van der Waals surface area contributed by atoms with Crippen LogP contribution in [0.15, 0.2) is 17.0 Å². The highest BCUT2D eigenvalue weighted by Gasteiger charge is 2.33. The smallest absolute Gasteiger partial charge is 0.289 e. The number of rotatable bonds is 4. The molecule has 1 saturated heterocycles. The predicted octanol–water partition coefficient (Wildman–Crippen LogP) is 1.63. The van der Waals surface area contributed by atoms with Crippen LogP contribution in [0.2, 0.25) is 0 Å². The van der Waals surface area contributed by atoms with E-state index in [1.165, 1.54) is 6.07 Å². The number of hydrogen-bond donors (Lipinski definition) is 2. The molecule has 0 aliphatic carbocycles. The Bertz CT molecular complexity index is 688. The molecular formula is C14H21N3O4S. The minimum atomic E-state index is -3.95. The van der Waals surface area contributed by atoms with E-state index in [1.54, 1.807) is 19.9 Å². The molecule has 2 unspecified atom stereocenters. The summed E-state index contributed by atoms with van der Waals surface area (Å²) in [5, 5.41) is 14.4. The van der Waals surface area contributed by atoms with Crippen LogP contribution in [-0.4, -0.2) is 32.0 Å². The molecule has 1 aromatic rings. The van der Waals surface area contributed by atoms with Gasteiger partial charge in [0.1, 0.15) is 0 Å². The van der Waals surface area contributed by atoms with Gasteiger partial charge in [0.25, 0.3) is 5.69 Å². The maximum absolute atomic E-state index is 12.7. The third kappa shape index (κ3) is 3.29. The molecule has 22 heavy (non-hydrogen) atoms. The van der Waals surface area contributed by atoms with Gasteiger partial charge in [-0.25, -0.2) is 13.1 Å². The van der Waals surface area contributed by atoms with Crippen LogP contribution in [0, 0.1) is 24.0 Å². The van der Waals surface area contributed by atoms with E-state index in [9.17, 15) is 18.5 Å². The molecule has 0 radical (unpaired) electrons. The largest absolute Gasteiger partial charge is 0.313 e. The second-order valence-electron chi connectivity index (χ2n) is 5.73. The van der Waals surface area contributed by atoms with Gasteiger partial charge in [0, 0.05) is 18.2 Å². The molecule has 1 fully saturated rings. The van der Waals surface area contributed by atoms with Crippen molar-refractivity contribution in [1.29, 1.82) is 0 Å². The molecule has 8 heteroatoms. The first-order chi connectivity index (χ1) is 10.2. The van der Waals surface area contributed by atoms with Crippen molar-refractivity contribution < 1.29 is 13.3 Å². The highest BCUT2D eigenvalue weighted by Crippen LogP contribution is 2.29. The highest BCUT2D eigenvalue weighted by atomic mass is 32.2. The summed E-state index contributed by atoms with van der Waals surface area (Å²) < 4.78 is 28.0. The maximum atomic E-state index is 12.7. The Morgan fingerprint density at radius 3 is 2.64 bits per heavy atom. The van der Waals surface area contributed by atoms with Crippen LogP contribution in [0.3, 0.4) is 0 Å². The van der Waals surface area contributed by atoms with Crippen molar-refractivity contribution >= 4 is 15.7 Å². The molecule has 1 aromatic carbocycles. The van der Waals surface area contributed by atoms with Gasteiger partial charge in [-0.15, -0.1) is 0 Å². The molecule has 2 rings (SSSR count). The lowest BCUT2D eigenvalue weighted by atomic mass is 10.0. The van der Waals surface area contributed by atoms with Crippen LogP contribution >= 0.6 is 0 Å². The number of benzene rings is 1. The third-order valence-corrected chi connectivity index (χ3v) is 5.86. The number of nitrogens with one attached hydrogen (secondary N) is 2. The molecule has 7 nitrogen and oxygen atoms in total. The summed E-state index contributed by atoms with van der Waals surface area (Å²) in [5.74, 6) is 0. The third-order valence-electron chi connectivity index (χ3n) is 4.19. The van der Waals surface area contributed by atoms with Gasteiger partial charge >= 0.3 is 0 Å². The van der Waals surface area contributed by atoms with Gasteiger partial charge in [0.2, 0.25) is 10.0 Å². The summed E-state index contributed by atoms with van der Waals surface area (Å²) >= 11 is 0. The van der Waals surface area contributed by atoms with Gasteiger partial charge < -0.3 is 5.32 Å². The van der Waals surface area contributed by atoms with Crippen LogP contribution in [0.5, 0.6) is 0 Å². The summed E-state index contributed by atoms with van der Waals surface area (Å²) in [6.45, 7) is 6.09. The van der Waals surface area contributed by atoms with Gasteiger partial charge in [-0.1, -0.05) is 6.07 Å². The molecule has 0 bridgehead atoms. The minimum absolute atomic E-state index is 0.00676. The summed E-state index contributed by atoms with van der Waals surface area (Å²) in [6.07, 6.45) is 1.58. The van der Waals surface area contributed by atoms with Gasteiger partial charge in [-0.2, -0.15) is 0 Å². The maximum Gasteiger partial charge on any atom is 0.289 e. The molecule has 1 aliphatic rings. The first kappa shape index (κ1) is 16.9. The molecule has 0 aromatic heterocycles. The van der Waals surface area contributed by atoms with E-state index < -0.39 is 14.9 Å². The van der Waals surface area contributed by atoms with Crippen LogP contribution in [0.1, 0.15) is 30.9 Å². The molecule has 2 N–H and O–H groups in total. The van der Waals surface area contributed by atoms with Gasteiger partial charge in [0.15, 0.2) is 4.90 Å². The minimum Gasteiger partial charge on any atom is -0.313 e. The molecule has 122 valence electrons. The number of hydrogen-bond acceptors (Lipinski definition) is 5. The zero-order chi connectivity index (χ0) is 16.5. The normalized spacial score (nSPS) is 22.5. The lowest BCUT2D eigenvalue weighted by molar-refractivity contribution is -0.387. The van der Waals surface area contributed by atoms with Crippen molar-refractivity contribution in [1.82, 2.24) is 10.0 Å². The number of aryl methyl sites for hydroxylation is 1. The quantitative estimate of drug-likeness (QED) is 0.646. The Labute approximate surface area is 130 Å². The van der Waals surface area contributed by atoms with Gasteiger partial charge in [0.05, 0.1) is 4.92 Å². The average molecular weight is 327 g/mol. The first-order valence-corrected chi connectivity index (χ1v) is 8.72. The van der Waals surface area contributed by atoms with Crippen molar-refractivity contribution in [2.45, 2.75) is 50.6 Å². The Hall–Kier alpha value is -1.51. The second kappa shape index (κ2) is 6.31. The van der Waals surface area contributed by atoms with E-state index in [0.717, 1.165) is 13.0 Å². The first-order valence-electron chi connectivity index (χ1n) is 7.24. The summed E-state index contributed by atoms with van der Waals surface area (Å²) in [4.78, 5) is 10.3. The van der Waals surface area contributed by atoms with Crippen molar-refractivity contribution in [3.05, 3.63) is 33.4 Å². The van der Waals surface area contributed by atoms with E-state index in [-0.39, 0.29) is 22.7 Å². The van der Waals surface area contributed by atoms with Crippen LogP contribution in [0.4, 0.5) is 5.69 Å². The summed E-state index contributed by atoms with van der Waals surface area (Å²) in [6, 6.07) is 2.54. The van der Waals surface area contributed by atoms with Gasteiger partial charge in [-0.3, -0.25) is 10.1 Å². The van der Waals surface area contributed by atoms with E-state index in [1.807, 2.05) is 6.92 Å². The fraction of sp³-hybridized carbons (Fsp3) is 0.571. The van der Waals surface area contributed by atoms with E-state index >= 15 is 0 Å². The topological polar surface area (TPSA) is 101 Å². The standard InChI is InChI=1S/C14H21N3O4S/c1-9-6-7-13(17(18)19)14(10(9)2)22(20,21)16-12-5-4-8-15-11(12)3/h6-7,11-12,15-16H,4-5,8H2,1-3H3. The SMILES string of the molecule is Cc1ccc([N+](=O)[O-])c(S(=O)(=O)NC2CCCNC2C)c1C. The second-order valence-corrected chi connectivity index (χ2v) is 7.38. The summed E-state index contributed by atoms with van der Waals surface area (Å²) in [7, 11) is -3.95. The zero-order valence-corrected chi connectivity index (χ0v) is 13.7. The Morgan fingerprint density at radius 2 is 2.05 bits per heavy atom. The van der Waals surface area contributed by atoms with Crippen LogP contribution in [-0.2, 0) is 10.0 Å². The Balaban J connectivity index is 2.45. The van der Waals surface area contributed by atoms with Crippen molar-refractivity contribution in [2.24, 2.45) is 0 Å². The van der Waals surface area contributed by atoms with E-state index in [4.69, 9.17) is 0 Å². The lowest BCUT2D eigenvalue weighted by Gasteiger charge is -2.30. The van der Waals surface area contributed by atoms with Crippen molar-refractivity contribution in [2.75, 3.05) is 6.54 Å². The molecule has 1 aliphatic heterocycles. The van der Waals surface area contributed by atoms with Crippen molar-refractivity contribution in [3.63, 3.8) is 0 Å². The van der Waals surface area contributed by atoms with E-state index in [0.29, 0.717) is 17.5 Å². The van der Waals surface area contributed by atoms with Crippen LogP contribution < -0.4 is 10.0 Å². The Kier molecular flexibility index (Phi) is 4.84. The molecule has 1 heterocycles. The molecule has 0 saturated carbocycles. The van der Waals surface area contributed by atoms with Crippen molar-refractivity contribution in [3.8, 4) is 0 Å².